The Kier molecular flexibility index (Phi) is 5.61. The van der Waals surface area contributed by atoms with Crippen LogP contribution in [0.2, 0.25) is 5.04 Å². The van der Waals surface area contributed by atoms with E-state index in [1.54, 1.807) is 12.1 Å². The van der Waals surface area contributed by atoms with Crippen molar-refractivity contribution in [3.05, 3.63) is 29.8 Å². The molecule has 0 aliphatic rings. The topological polar surface area (TPSA) is 49.7 Å². The minimum Gasteiger partial charge on any atom is -0.423 e. The van der Waals surface area contributed by atoms with E-state index in [0.717, 1.165) is 5.56 Å². The summed E-state index contributed by atoms with van der Waals surface area (Å²) in [7, 11) is -2.09. The van der Waals surface area contributed by atoms with Gasteiger partial charge in [-0.2, -0.15) is 0 Å². The number of hydrogen-bond donors (Lipinski definition) is 2. The Morgan fingerprint density at radius 3 is 1.95 bits per heavy atom. The lowest BCUT2D eigenvalue weighted by Gasteiger charge is -2.34. The Morgan fingerprint density at radius 2 is 1.55 bits per heavy atom. The maximum atomic E-state index is 9.12. The lowest BCUT2D eigenvalue weighted by atomic mass is 9.79. The zero-order valence-electron chi connectivity index (χ0n) is 13.5. The molecule has 1 rings (SSSR count). The number of hydrogen-bond acceptors (Lipinski definition) is 3. The first-order valence-corrected chi connectivity index (χ1v) is 8.45. The second-order valence-corrected chi connectivity index (χ2v) is 9.34. The van der Waals surface area contributed by atoms with Crippen LogP contribution in [0.4, 0.5) is 0 Å². The van der Waals surface area contributed by atoms with Crippen LogP contribution < -0.4 is 5.46 Å². The maximum Gasteiger partial charge on any atom is 0.488 e. The van der Waals surface area contributed by atoms with Crippen LogP contribution in [-0.2, 0) is 10.0 Å². The van der Waals surface area contributed by atoms with Crippen molar-refractivity contribution < 1.29 is 14.5 Å². The standard InChI is InChI=1S/C15H27BO3Si/c1-11(2)15(5,6)20-19-14(3,4)12-7-9-13(10-8-12)16(17)18/h7-11,17-18H,20H2,1-6H3. The van der Waals surface area contributed by atoms with E-state index in [1.807, 2.05) is 12.1 Å². The van der Waals surface area contributed by atoms with E-state index in [2.05, 4.69) is 41.5 Å². The third kappa shape index (κ3) is 4.45. The summed E-state index contributed by atoms with van der Waals surface area (Å²) in [6.07, 6.45) is 0. The molecule has 0 unspecified atom stereocenters. The van der Waals surface area contributed by atoms with E-state index < -0.39 is 16.9 Å². The van der Waals surface area contributed by atoms with Crippen LogP contribution in [0.15, 0.2) is 24.3 Å². The molecular weight excluding hydrogens is 267 g/mol. The summed E-state index contributed by atoms with van der Waals surface area (Å²) >= 11 is 0. The van der Waals surface area contributed by atoms with Crippen LogP contribution in [-0.4, -0.2) is 26.9 Å². The van der Waals surface area contributed by atoms with Crippen LogP contribution in [0, 0.1) is 5.92 Å². The molecule has 0 spiro atoms. The molecule has 0 heterocycles. The lowest BCUT2D eigenvalue weighted by Crippen LogP contribution is -2.32. The molecule has 2 N–H and O–H groups in total. The molecule has 3 nitrogen and oxygen atoms in total. The molecule has 1 aromatic rings. The van der Waals surface area contributed by atoms with Gasteiger partial charge in [-0.1, -0.05) is 52.0 Å². The maximum absolute atomic E-state index is 9.12. The fourth-order valence-electron chi connectivity index (χ4n) is 1.67. The van der Waals surface area contributed by atoms with Gasteiger partial charge in [0.2, 0.25) is 0 Å². The average molecular weight is 294 g/mol. The smallest absolute Gasteiger partial charge is 0.423 e. The summed E-state index contributed by atoms with van der Waals surface area (Å²) in [6, 6.07) is 7.29. The van der Waals surface area contributed by atoms with Crippen LogP contribution in [0.1, 0.15) is 47.1 Å². The van der Waals surface area contributed by atoms with Crippen molar-refractivity contribution in [3.63, 3.8) is 0 Å². The fourth-order valence-corrected chi connectivity index (χ4v) is 2.91. The molecule has 0 bridgehead atoms. The molecule has 0 fully saturated rings. The first-order valence-electron chi connectivity index (χ1n) is 7.17. The Morgan fingerprint density at radius 1 is 1.05 bits per heavy atom. The molecule has 0 aliphatic carbocycles. The third-order valence-corrected chi connectivity index (χ3v) is 6.70. The average Bonchev–Trinajstić information content (AvgIpc) is 2.36. The Labute approximate surface area is 125 Å². The first-order chi connectivity index (χ1) is 9.06. The monoisotopic (exact) mass is 294 g/mol. The van der Waals surface area contributed by atoms with Gasteiger partial charge in [0.1, 0.15) is 0 Å². The predicted octanol–water partition coefficient (Wildman–Crippen LogP) is 1.56. The van der Waals surface area contributed by atoms with Crippen molar-refractivity contribution in [1.82, 2.24) is 0 Å². The van der Waals surface area contributed by atoms with Gasteiger partial charge in [-0.3, -0.25) is 0 Å². The summed E-state index contributed by atoms with van der Waals surface area (Å²) in [5, 5.41) is 18.5. The highest BCUT2D eigenvalue weighted by atomic mass is 28.2. The minimum absolute atomic E-state index is 0.262. The Bertz CT molecular complexity index is 427. The number of benzene rings is 1. The van der Waals surface area contributed by atoms with Crippen LogP contribution in [0.3, 0.4) is 0 Å². The van der Waals surface area contributed by atoms with Gasteiger partial charge < -0.3 is 14.5 Å². The summed E-state index contributed by atoms with van der Waals surface area (Å²) in [4.78, 5) is 0. The molecule has 1 aromatic carbocycles. The van der Waals surface area contributed by atoms with E-state index in [-0.39, 0.29) is 10.6 Å². The van der Waals surface area contributed by atoms with E-state index in [0.29, 0.717) is 11.4 Å². The zero-order chi connectivity index (χ0) is 15.6. The molecule has 0 saturated carbocycles. The second kappa shape index (κ2) is 6.43. The zero-order valence-corrected chi connectivity index (χ0v) is 14.9. The largest absolute Gasteiger partial charge is 0.488 e. The molecule has 112 valence electrons. The molecule has 0 aromatic heterocycles. The van der Waals surface area contributed by atoms with Crippen molar-refractivity contribution in [2.75, 3.05) is 0 Å². The quantitative estimate of drug-likeness (QED) is 0.783. The van der Waals surface area contributed by atoms with Crippen molar-refractivity contribution in [3.8, 4) is 0 Å². The fraction of sp³-hybridized carbons (Fsp3) is 0.600. The summed E-state index contributed by atoms with van der Waals surface area (Å²) in [6.45, 7) is 13.2. The normalized spacial score (nSPS) is 13.4. The summed E-state index contributed by atoms with van der Waals surface area (Å²) in [5.74, 6) is 0.608. The highest BCUT2D eigenvalue weighted by molar-refractivity contribution is 6.58. The molecule has 20 heavy (non-hydrogen) atoms. The SMILES string of the molecule is CC(C)C(C)(C)[SiH2]OC(C)(C)c1ccc(B(O)O)cc1. The molecule has 0 radical (unpaired) electrons. The lowest BCUT2D eigenvalue weighted by molar-refractivity contribution is 0.106. The van der Waals surface area contributed by atoms with Gasteiger partial charge in [0.15, 0.2) is 9.76 Å². The molecule has 0 aliphatic heterocycles. The first kappa shape index (κ1) is 17.4. The third-order valence-electron chi connectivity index (χ3n) is 4.27. The summed E-state index contributed by atoms with van der Waals surface area (Å²) in [5.41, 5.74) is 1.23. The van der Waals surface area contributed by atoms with Gasteiger partial charge in [-0.05, 0) is 35.8 Å². The second-order valence-electron chi connectivity index (χ2n) is 6.94. The minimum atomic E-state index is -1.41. The van der Waals surface area contributed by atoms with Gasteiger partial charge in [0.25, 0.3) is 0 Å². The van der Waals surface area contributed by atoms with Crippen molar-refractivity contribution >= 4 is 22.3 Å². The van der Waals surface area contributed by atoms with Crippen LogP contribution in [0.5, 0.6) is 0 Å². The van der Waals surface area contributed by atoms with E-state index in [9.17, 15) is 0 Å². The van der Waals surface area contributed by atoms with Gasteiger partial charge >= 0.3 is 7.12 Å². The Hall–Kier alpha value is -0.618. The van der Waals surface area contributed by atoms with Gasteiger partial charge in [-0.25, -0.2) is 0 Å². The van der Waals surface area contributed by atoms with E-state index >= 15 is 0 Å². The predicted molar refractivity (Wildman–Crippen MR) is 87.8 cm³/mol. The van der Waals surface area contributed by atoms with Crippen LogP contribution >= 0.6 is 0 Å². The van der Waals surface area contributed by atoms with E-state index in [1.165, 1.54) is 0 Å². The highest BCUT2D eigenvalue weighted by Crippen LogP contribution is 2.35. The van der Waals surface area contributed by atoms with Crippen molar-refractivity contribution in [2.24, 2.45) is 5.92 Å². The van der Waals surface area contributed by atoms with Gasteiger partial charge in [-0.15, -0.1) is 0 Å². The Balaban J connectivity index is 2.78. The molecule has 5 heteroatoms. The highest BCUT2D eigenvalue weighted by Gasteiger charge is 2.29. The number of rotatable bonds is 6. The van der Waals surface area contributed by atoms with Crippen LogP contribution in [0.25, 0.3) is 0 Å². The van der Waals surface area contributed by atoms with Crippen molar-refractivity contribution in [2.45, 2.75) is 52.2 Å². The molecule has 0 amide bonds. The van der Waals surface area contributed by atoms with Gasteiger partial charge in [0.05, 0.1) is 5.60 Å². The van der Waals surface area contributed by atoms with Gasteiger partial charge in [0, 0.05) is 0 Å². The summed E-state index contributed by atoms with van der Waals surface area (Å²) < 4.78 is 6.26. The van der Waals surface area contributed by atoms with E-state index in [4.69, 9.17) is 14.5 Å². The van der Waals surface area contributed by atoms with Crippen molar-refractivity contribution in [1.29, 1.82) is 0 Å². The molecule has 0 saturated heterocycles. The molecular formula is C15H27BO3Si. The molecule has 0 atom stereocenters.